The summed E-state index contributed by atoms with van der Waals surface area (Å²) in [5.74, 6) is -2.61. The highest BCUT2D eigenvalue weighted by Gasteiger charge is 2.57. The molecule has 2 saturated heterocycles. The molecule has 0 aromatic heterocycles. The Labute approximate surface area is 282 Å². The molecule has 4 N–H and O–H groups in total. The highest BCUT2D eigenvalue weighted by Crippen LogP contribution is 2.50. The number of phenols is 1. The smallest absolute Gasteiger partial charge is 0.455 e. The third-order valence-electron chi connectivity index (χ3n) is 9.29. The van der Waals surface area contributed by atoms with Gasteiger partial charge in [-0.25, -0.2) is 0 Å². The van der Waals surface area contributed by atoms with Crippen LogP contribution in [0.2, 0.25) is 6.32 Å². The van der Waals surface area contributed by atoms with Gasteiger partial charge in [0.05, 0.1) is 35.2 Å². The zero-order valence-electron chi connectivity index (χ0n) is 25.7. The lowest BCUT2D eigenvalue weighted by Gasteiger charge is -2.43. The normalized spacial score (nSPS) is 23.1. The number of nitrogens with zero attached hydrogens (tertiary/aromatic N) is 1. The molecular weight excluding hydrogens is 704 g/mol. The van der Waals surface area contributed by atoms with Gasteiger partial charge in [-0.2, -0.15) is 0 Å². The number of halogens is 1. The average Bonchev–Trinajstić information content (AvgIpc) is 3.28. The number of aliphatic hydroxyl groups excluding tert-OH is 1. The van der Waals surface area contributed by atoms with Crippen molar-refractivity contribution in [3.63, 3.8) is 0 Å². The number of imide groups is 1. The lowest BCUT2D eigenvalue weighted by atomic mass is 9.58. The van der Waals surface area contributed by atoms with E-state index in [9.17, 15) is 29.6 Å². The summed E-state index contributed by atoms with van der Waals surface area (Å²) in [6, 6.07) is 13.5. The van der Waals surface area contributed by atoms with Gasteiger partial charge in [-0.1, -0.05) is 42.8 Å². The van der Waals surface area contributed by atoms with Crippen molar-refractivity contribution in [2.24, 2.45) is 17.8 Å². The highest BCUT2D eigenvalue weighted by molar-refractivity contribution is 14.1. The maximum absolute atomic E-state index is 13.7. The number of carbonyl (C=O) groups excluding carboxylic acids is 2. The van der Waals surface area contributed by atoms with Gasteiger partial charge >= 0.3 is 13.1 Å². The first kappa shape index (κ1) is 34.1. The van der Waals surface area contributed by atoms with Gasteiger partial charge in [0.2, 0.25) is 11.8 Å². The Bertz CT molecular complexity index is 1530. The minimum absolute atomic E-state index is 0.0469. The van der Waals surface area contributed by atoms with Crippen molar-refractivity contribution >= 4 is 59.1 Å². The van der Waals surface area contributed by atoms with Crippen LogP contribution in [0, 0.1) is 21.3 Å². The van der Waals surface area contributed by atoms with Crippen molar-refractivity contribution in [1.82, 2.24) is 4.90 Å². The number of aromatic hydroxyl groups is 1. The van der Waals surface area contributed by atoms with E-state index in [1.165, 1.54) is 12.0 Å². The van der Waals surface area contributed by atoms with E-state index < -0.39 is 36.9 Å². The molecule has 46 heavy (non-hydrogen) atoms. The molecule has 0 spiro atoms. The molecule has 12 heteroatoms. The Kier molecular flexibility index (Phi) is 11.2. The SMILES string of the molecule is COc1cc(/C=C(/CC[C@H]2OB(O)C[C@H]3C2=C(CO)C[C@H]2C(=O)N(CCCCCC(=O)O)C(=O)[C@H]23)c2ccccc2)cc(I)c1O. The second-order valence-electron chi connectivity index (χ2n) is 12.1. The van der Waals surface area contributed by atoms with E-state index in [4.69, 9.17) is 14.5 Å². The zero-order chi connectivity index (χ0) is 33.0. The Morgan fingerprint density at radius 2 is 1.87 bits per heavy atom. The van der Waals surface area contributed by atoms with E-state index in [1.807, 2.05) is 42.5 Å². The molecule has 1 aliphatic carbocycles. The molecule has 2 fully saturated rings. The van der Waals surface area contributed by atoms with Crippen molar-refractivity contribution in [2.75, 3.05) is 20.3 Å². The van der Waals surface area contributed by atoms with E-state index in [1.54, 1.807) is 6.07 Å². The van der Waals surface area contributed by atoms with Gasteiger partial charge < -0.3 is 29.7 Å². The predicted molar refractivity (Wildman–Crippen MR) is 181 cm³/mol. The second kappa shape index (κ2) is 15.1. The Morgan fingerprint density at radius 3 is 2.57 bits per heavy atom. The fourth-order valence-electron chi connectivity index (χ4n) is 7.19. The number of hydrogen-bond acceptors (Lipinski definition) is 8. The van der Waals surface area contributed by atoms with E-state index in [-0.39, 0.29) is 49.9 Å². The van der Waals surface area contributed by atoms with Crippen molar-refractivity contribution in [3.05, 3.63) is 68.3 Å². The van der Waals surface area contributed by atoms with Crippen LogP contribution in [0.5, 0.6) is 11.5 Å². The van der Waals surface area contributed by atoms with Gasteiger partial charge in [-0.15, -0.1) is 0 Å². The Balaban J connectivity index is 1.39. The van der Waals surface area contributed by atoms with Crippen LogP contribution in [-0.4, -0.2) is 76.5 Å². The van der Waals surface area contributed by atoms with Crippen LogP contribution < -0.4 is 4.74 Å². The molecule has 0 bridgehead atoms. The van der Waals surface area contributed by atoms with Crippen LogP contribution in [-0.2, 0) is 19.0 Å². The fourth-order valence-corrected chi connectivity index (χ4v) is 7.82. The second-order valence-corrected chi connectivity index (χ2v) is 13.3. The monoisotopic (exact) mass is 743 g/mol. The number of hydrogen-bond donors (Lipinski definition) is 4. The first-order chi connectivity index (χ1) is 22.1. The number of phenolic OH excluding ortho intramolecular Hbond substituents is 1. The van der Waals surface area contributed by atoms with Gasteiger partial charge in [0.1, 0.15) is 0 Å². The summed E-state index contributed by atoms with van der Waals surface area (Å²) in [6.07, 6.45) is 4.54. The molecule has 0 saturated carbocycles. The van der Waals surface area contributed by atoms with Crippen LogP contribution in [0.3, 0.4) is 0 Å². The quantitative estimate of drug-likeness (QED) is 0.0568. The number of carbonyl (C=O) groups is 3. The third-order valence-corrected chi connectivity index (χ3v) is 10.1. The Hall–Kier alpha value is -3.20. The molecule has 0 unspecified atom stereocenters. The van der Waals surface area contributed by atoms with Gasteiger partial charge in [0.15, 0.2) is 11.5 Å². The molecule has 0 radical (unpaired) electrons. The number of rotatable bonds is 13. The Morgan fingerprint density at radius 1 is 1.11 bits per heavy atom. The van der Waals surface area contributed by atoms with E-state index in [0.29, 0.717) is 47.0 Å². The van der Waals surface area contributed by atoms with Crippen molar-refractivity contribution in [2.45, 2.75) is 57.4 Å². The van der Waals surface area contributed by atoms with Gasteiger partial charge in [0, 0.05) is 13.0 Å². The number of unbranched alkanes of at least 4 members (excludes halogenated alkanes) is 2. The number of amides is 2. The van der Waals surface area contributed by atoms with E-state index >= 15 is 0 Å². The van der Waals surface area contributed by atoms with Crippen LogP contribution in [0.25, 0.3) is 11.6 Å². The fraction of sp³-hybridized carbons (Fsp3) is 0.441. The minimum atomic E-state index is -1.13. The predicted octanol–water partition coefficient (Wildman–Crippen LogP) is 4.76. The molecule has 2 amide bonds. The lowest BCUT2D eigenvalue weighted by Crippen LogP contribution is -2.46. The molecule has 3 aliphatic rings. The van der Waals surface area contributed by atoms with Crippen LogP contribution in [0.1, 0.15) is 56.1 Å². The van der Waals surface area contributed by atoms with Crippen LogP contribution >= 0.6 is 22.6 Å². The lowest BCUT2D eigenvalue weighted by molar-refractivity contribution is -0.141. The summed E-state index contributed by atoms with van der Waals surface area (Å²) >= 11 is 2.06. The van der Waals surface area contributed by atoms with E-state index in [0.717, 1.165) is 22.3 Å². The first-order valence-electron chi connectivity index (χ1n) is 15.7. The summed E-state index contributed by atoms with van der Waals surface area (Å²) in [5, 5.41) is 40.6. The molecular formula is C34H39BINO9. The molecule has 2 aliphatic heterocycles. The summed E-state index contributed by atoms with van der Waals surface area (Å²) < 4.78 is 12.1. The van der Waals surface area contributed by atoms with Crippen molar-refractivity contribution in [3.8, 4) is 11.5 Å². The number of likely N-dealkylation sites (tertiary alicyclic amines) is 1. The summed E-state index contributed by atoms with van der Waals surface area (Å²) in [7, 11) is 0.377. The maximum Gasteiger partial charge on any atom is 0.455 e. The number of aliphatic hydroxyl groups is 1. The van der Waals surface area contributed by atoms with Crippen molar-refractivity contribution in [1.29, 1.82) is 0 Å². The summed E-state index contributed by atoms with van der Waals surface area (Å²) in [4.78, 5) is 39.3. The molecule has 2 aromatic rings. The number of ether oxygens (including phenoxy) is 1. The zero-order valence-corrected chi connectivity index (χ0v) is 27.9. The number of aliphatic carboxylic acids is 1. The summed E-state index contributed by atoms with van der Waals surface area (Å²) in [5.41, 5.74) is 4.33. The van der Waals surface area contributed by atoms with Crippen LogP contribution in [0.4, 0.5) is 0 Å². The number of methoxy groups -OCH3 is 1. The first-order valence-corrected chi connectivity index (χ1v) is 16.8. The average molecular weight is 743 g/mol. The molecule has 5 rings (SSSR count). The topological polar surface area (TPSA) is 154 Å². The number of allylic oxidation sites excluding steroid dienone is 1. The molecule has 2 aromatic carbocycles. The standard InChI is InChI=1S/C34H39BINO9/c1-45-28-16-20(15-26(36)32(28)41)14-22(21-8-4-2-5-9-21)11-12-27-30-23(19-38)17-24-31(25(30)18-35(44)46-27)34(43)37(33(24)42)13-7-3-6-10-29(39)40/h2,4-5,8-9,14-16,24-25,27,31,38,41,44H,3,6-7,10-13,17-19H2,1H3,(H,39,40)/b22-14-/t24-,25+,27-,31-/m1/s1. The number of carboxylic acid groups (broad SMARTS) is 1. The largest absolute Gasteiger partial charge is 0.504 e. The maximum atomic E-state index is 13.7. The number of carboxylic acids is 1. The molecule has 2 heterocycles. The van der Waals surface area contributed by atoms with Gasteiger partial charge in [0.25, 0.3) is 0 Å². The van der Waals surface area contributed by atoms with Gasteiger partial charge in [-0.3, -0.25) is 19.3 Å². The minimum Gasteiger partial charge on any atom is -0.504 e. The third kappa shape index (κ3) is 7.35. The van der Waals surface area contributed by atoms with Gasteiger partial charge in [-0.05, 0) is 107 Å². The highest BCUT2D eigenvalue weighted by atomic mass is 127. The molecule has 4 atom stereocenters. The number of fused-ring (bicyclic) bond motifs is 3. The van der Waals surface area contributed by atoms with Crippen LogP contribution in [0.15, 0.2) is 53.6 Å². The van der Waals surface area contributed by atoms with E-state index in [2.05, 4.69) is 22.6 Å². The molecule has 10 nitrogen and oxygen atoms in total. The summed E-state index contributed by atoms with van der Waals surface area (Å²) in [6.45, 7) is -0.0374. The molecule has 244 valence electrons. The number of benzene rings is 2. The van der Waals surface area contributed by atoms with Crippen molar-refractivity contribution < 1.29 is 44.1 Å².